The van der Waals surface area contributed by atoms with Gasteiger partial charge in [-0.1, -0.05) is 43.1 Å². The highest BCUT2D eigenvalue weighted by Gasteiger charge is 2.20. The van der Waals surface area contributed by atoms with Crippen molar-refractivity contribution >= 4 is 30.4 Å². The normalized spacial score (nSPS) is 10.0. The van der Waals surface area contributed by atoms with E-state index < -0.39 is 11.9 Å². The molecule has 1 N–H and O–H groups in total. The van der Waals surface area contributed by atoms with E-state index in [9.17, 15) is 9.59 Å². The van der Waals surface area contributed by atoms with E-state index in [0.717, 1.165) is 15.4 Å². The molecular weight excluding hydrogens is 284 g/mol. The molecule has 0 spiro atoms. The summed E-state index contributed by atoms with van der Waals surface area (Å²) in [5, 5.41) is 2.69. The van der Waals surface area contributed by atoms with Crippen LogP contribution in [0.1, 0.15) is 21.5 Å². The van der Waals surface area contributed by atoms with Gasteiger partial charge in [-0.2, -0.15) is 0 Å². The van der Waals surface area contributed by atoms with Crippen LogP contribution in [0.5, 0.6) is 0 Å². The number of anilines is 1. The zero-order valence-electron chi connectivity index (χ0n) is 11.8. The van der Waals surface area contributed by atoms with Gasteiger partial charge in [0.2, 0.25) is 0 Å². The molecule has 2 rings (SSSR count). The van der Waals surface area contributed by atoms with Crippen molar-refractivity contribution in [1.82, 2.24) is 4.31 Å². The zero-order chi connectivity index (χ0) is 15.4. The number of carbonyl (C=O) groups is 2. The summed E-state index contributed by atoms with van der Waals surface area (Å²) < 4.78 is 0.775. The van der Waals surface area contributed by atoms with Crippen molar-refractivity contribution in [3.8, 4) is 0 Å². The van der Waals surface area contributed by atoms with Gasteiger partial charge in [0.1, 0.15) is 0 Å². The molecule has 0 saturated heterocycles. The number of hydrogen-bond acceptors (Lipinski definition) is 3. The lowest BCUT2D eigenvalue weighted by Gasteiger charge is -2.16. The summed E-state index contributed by atoms with van der Waals surface area (Å²) >= 11 is 3.99. The monoisotopic (exact) mass is 300 g/mol. The van der Waals surface area contributed by atoms with Crippen LogP contribution in [0.4, 0.5) is 10.5 Å². The molecule has 4 nitrogen and oxygen atoms in total. The van der Waals surface area contributed by atoms with Crippen molar-refractivity contribution in [2.45, 2.75) is 13.8 Å². The molecule has 0 radical (unpaired) electrons. The van der Waals surface area contributed by atoms with Crippen LogP contribution in [0.3, 0.4) is 0 Å². The molecule has 0 aliphatic rings. The minimum Gasteiger partial charge on any atom is -0.306 e. The summed E-state index contributed by atoms with van der Waals surface area (Å²) in [5.74, 6) is -0.471. The van der Waals surface area contributed by atoms with Crippen LogP contribution in [0.25, 0.3) is 0 Å². The van der Waals surface area contributed by atoms with E-state index in [4.69, 9.17) is 0 Å². The Labute approximate surface area is 129 Å². The van der Waals surface area contributed by atoms with Gasteiger partial charge in [0, 0.05) is 11.3 Å². The van der Waals surface area contributed by atoms with Gasteiger partial charge in [-0.15, -0.1) is 0 Å². The van der Waals surface area contributed by atoms with Crippen LogP contribution in [0, 0.1) is 13.8 Å². The van der Waals surface area contributed by atoms with Crippen LogP contribution in [0.15, 0.2) is 48.5 Å². The highest BCUT2D eigenvalue weighted by atomic mass is 32.1. The standard InChI is InChI=1S/C16H16N2O2S/c1-11-8-9-12(2)14(10-11)17-16(20)18(21)15(19)13-6-4-3-5-7-13/h3-10,21H,1-2H3,(H,17,20). The molecular formula is C16H16N2O2S. The van der Waals surface area contributed by atoms with E-state index in [2.05, 4.69) is 18.1 Å². The lowest BCUT2D eigenvalue weighted by Crippen LogP contribution is -2.32. The predicted molar refractivity (Wildman–Crippen MR) is 86.5 cm³/mol. The van der Waals surface area contributed by atoms with Crippen molar-refractivity contribution in [1.29, 1.82) is 0 Å². The smallest absolute Gasteiger partial charge is 0.306 e. The first-order valence-electron chi connectivity index (χ1n) is 6.45. The minimum absolute atomic E-state index is 0.406. The molecule has 0 bridgehead atoms. The molecule has 0 fully saturated rings. The second-order valence-corrected chi connectivity index (χ2v) is 5.13. The topological polar surface area (TPSA) is 49.4 Å². The SMILES string of the molecule is Cc1ccc(C)c(NC(=O)N(S)C(=O)c2ccccc2)c1. The molecule has 0 heterocycles. The maximum atomic E-state index is 12.1. The van der Waals surface area contributed by atoms with E-state index in [1.165, 1.54) is 0 Å². The second kappa shape index (κ2) is 6.45. The van der Waals surface area contributed by atoms with E-state index in [-0.39, 0.29) is 0 Å². The molecule has 2 aromatic rings. The lowest BCUT2D eigenvalue weighted by atomic mass is 10.1. The summed E-state index contributed by atoms with van der Waals surface area (Å²) in [6, 6.07) is 13.7. The quantitative estimate of drug-likeness (QED) is 0.828. The maximum absolute atomic E-state index is 12.1. The van der Waals surface area contributed by atoms with Gasteiger partial charge >= 0.3 is 6.03 Å². The molecule has 21 heavy (non-hydrogen) atoms. The van der Waals surface area contributed by atoms with Gasteiger partial charge in [-0.25, -0.2) is 9.10 Å². The fraction of sp³-hybridized carbons (Fsp3) is 0.125. The number of carbonyl (C=O) groups excluding carboxylic acids is 2. The van der Waals surface area contributed by atoms with E-state index in [1.54, 1.807) is 30.3 Å². The highest BCUT2D eigenvalue weighted by molar-refractivity contribution is 7.79. The average molecular weight is 300 g/mol. The Balaban J connectivity index is 2.13. The number of hydrogen-bond donors (Lipinski definition) is 2. The fourth-order valence-corrected chi connectivity index (χ4v) is 2.00. The molecule has 5 heteroatoms. The van der Waals surface area contributed by atoms with Gasteiger partial charge in [0.05, 0.1) is 0 Å². The average Bonchev–Trinajstić information content (AvgIpc) is 2.50. The van der Waals surface area contributed by atoms with Gasteiger partial charge in [-0.3, -0.25) is 4.79 Å². The first kappa shape index (κ1) is 15.1. The van der Waals surface area contributed by atoms with Crippen LogP contribution < -0.4 is 5.32 Å². The molecule has 0 aliphatic carbocycles. The largest absolute Gasteiger partial charge is 0.338 e. The third-order valence-electron chi connectivity index (χ3n) is 3.04. The van der Waals surface area contributed by atoms with Crippen LogP contribution in [-0.4, -0.2) is 16.2 Å². The Kier molecular flexibility index (Phi) is 4.65. The number of aryl methyl sites for hydroxylation is 2. The van der Waals surface area contributed by atoms with Crippen LogP contribution in [-0.2, 0) is 0 Å². The number of imide groups is 1. The summed E-state index contributed by atoms with van der Waals surface area (Å²) in [4.78, 5) is 24.2. The number of benzene rings is 2. The summed E-state index contributed by atoms with van der Waals surface area (Å²) in [6.45, 7) is 3.82. The molecule has 108 valence electrons. The predicted octanol–water partition coefficient (Wildman–Crippen LogP) is 3.82. The number of amides is 3. The summed E-state index contributed by atoms with van der Waals surface area (Å²) in [6.07, 6.45) is 0. The minimum atomic E-state index is -0.583. The Morgan fingerprint density at radius 2 is 1.71 bits per heavy atom. The van der Waals surface area contributed by atoms with Crippen molar-refractivity contribution in [2.75, 3.05) is 5.32 Å². The Bertz CT molecular complexity index is 671. The number of nitrogens with one attached hydrogen (secondary N) is 1. The van der Waals surface area contributed by atoms with E-state index >= 15 is 0 Å². The number of rotatable bonds is 2. The molecule has 3 amide bonds. The number of nitrogens with zero attached hydrogens (tertiary/aromatic N) is 1. The third-order valence-corrected chi connectivity index (χ3v) is 3.40. The van der Waals surface area contributed by atoms with Crippen molar-refractivity contribution in [2.24, 2.45) is 0 Å². The van der Waals surface area contributed by atoms with E-state index in [1.807, 2.05) is 32.0 Å². The van der Waals surface area contributed by atoms with Crippen LogP contribution >= 0.6 is 12.8 Å². The molecule has 2 aromatic carbocycles. The molecule has 0 atom stereocenters. The number of thiol groups is 1. The first-order valence-corrected chi connectivity index (χ1v) is 6.85. The number of urea groups is 1. The van der Waals surface area contributed by atoms with Gasteiger partial charge in [0.25, 0.3) is 5.91 Å². The Hall–Kier alpha value is -2.27. The van der Waals surface area contributed by atoms with Crippen molar-refractivity contribution in [3.63, 3.8) is 0 Å². The second-order valence-electron chi connectivity index (χ2n) is 4.73. The summed E-state index contributed by atoms with van der Waals surface area (Å²) in [5.41, 5.74) is 3.02. The zero-order valence-corrected chi connectivity index (χ0v) is 12.7. The third kappa shape index (κ3) is 3.64. The van der Waals surface area contributed by atoms with Gasteiger partial charge in [-0.05, 0) is 43.2 Å². The lowest BCUT2D eigenvalue weighted by molar-refractivity contribution is 0.0902. The maximum Gasteiger partial charge on any atom is 0.338 e. The highest BCUT2D eigenvalue weighted by Crippen LogP contribution is 2.18. The fourth-order valence-electron chi connectivity index (χ4n) is 1.83. The molecule has 0 aliphatic heterocycles. The molecule has 0 unspecified atom stereocenters. The van der Waals surface area contributed by atoms with Gasteiger partial charge in [0.15, 0.2) is 0 Å². The van der Waals surface area contributed by atoms with Crippen molar-refractivity contribution < 1.29 is 9.59 Å². The Morgan fingerprint density at radius 3 is 2.38 bits per heavy atom. The van der Waals surface area contributed by atoms with Crippen LogP contribution in [0.2, 0.25) is 0 Å². The van der Waals surface area contributed by atoms with Crippen molar-refractivity contribution in [3.05, 3.63) is 65.2 Å². The Morgan fingerprint density at radius 1 is 1.05 bits per heavy atom. The molecule has 0 saturated carbocycles. The van der Waals surface area contributed by atoms with E-state index in [0.29, 0.717) is 11.3 Å². The molecule has 0 aromatic heterocycles. The first-order chi connectivity index (χ1) is 9.99. The summed E-state index contributed by atoms with van der Waals surface area (Å²) in [7, 11) is 0. The van der Waals surface area contributed by atoms with Gasteiger partial charge < -0.3 is 5.32 Å².